The van der Waals surface area contributed by atoms with Crippen LogP contribution in [0.25, 0.3) is 0 Å². The lowest BCUT2D eigenvalue weighted by atomic mass is 9.91. The summed E-state index contributed by atoms with van der Waals surface area (Å²) in [5.41, 5.74) is 0.0578. The Balaban J connectivity index is 2.18. The van der Waals surface area contributed by atoms with Crippen molar-refractivity contribution in [2.45, 2.75) is 42.8 Å². The second kappa shape index (κ2) is 5.93. The van der Waals surface area contributed by atoms with Gasteiger partial charge in [0.1, 0.15) is 5.02 Å². The second-order valence-corrected chi connectivity index (χ2v) is 6.60. The maximum absolute atomic E-state index is 11.1. The van der Waals surface area contributed by atoms with E-state index in [1.54, 1.807) is 30.0 Å². The van der Waals surface area contributed by atoms with Crippen LogP contribution < -0.4 is 0 Å². The largest absolute Gasteiger partial charge is 0.301 e. The van der Waals surface area contributed by atoms with E-state index < -0.39 is 0 Å². The van der Waals surface area contributed by atoms with Crippen molar-refractivity contribution >= 4 is 29.1 Å². The zero-order valence-electron chi connectivity index (χ0n) is 10.3. The van der Waals surface area contributed by atoms with Gasteiger partial charge in [-0.2, -0.15) is 0 Å². The molecule has 0 N–H and O–H groups in total. The summed E-state index contributed by atoms with van der Waals surface area (Å²) < 4.78 is 0. The van der Waals surface area contributed by atoms with E-state index in [2.05, 4.69) is 6.92 Å². The summed E-state index contributed by atoms with van der Waals surface area (Å²) >= 11 is 7.53. The molecule has 1 saturated carbocycles. The van der Waals surface area contributed by atoms with Gasteiger partial charge in [-0.1, -0.05) is 37.4 Å². The van der Waals surface area contributed by atoms with Crippen molar-refractivity contribution in [2.24, 2.45) is 5.92 Å². The molecule has 0 bridgehead atoms. The molecule has 0 amide bonds. The van der Waals surface area contributed by atoms with Gasteiger partial charge in [0.25, 0.3) is 0 Å². The van der Waals surface area contributed by atoms with E-state index in [-0.39, 0.29) is 15.6 Å². The van der Waals surface area contributed by atoms with Crippen LogP contribution in [0.1, 0.15) is 32.6 Å². The summed E-state index contributed by atoms with van der Waals surface area (Å²) in [6.45, 7) is 2.25. The lowest BCUT2D eigenvalue weighted by Gasteiger charge is -2.26. The number of hydrogen-bond acceptors (Lipinski definition) is 3. The SMILES string of the molecule is CC1CCCC(Sc2cccc(Cl)c2[N+](=O)[O-])C1. The van der Waals surface area contributed by atoms with E-state index in [0.717, 1.165) is 18.8 Å². The molecule has 2 rings (SSSR count). The Morgan fingerprint density at radius 1 is 1.44 bits per heavy atom. The molecule has 0 heterocycles. The van der Waals surface area contributed by atoms with Gasteiger partial charge in [-0.05, 0) is 30.9 Å². The Morgan fingerprint density at radius 2 is 2.22 bits per heavy atom. The summed E-state index contributed by atoms with van der Waals surface area (Å²) in [5, 5.41) is 11.8. The number of halogens is 1. The van der Waals surface area contributed by atoms with Crippen molar-refractivity contribution in [3.63, 3.8) is 0 Å². The zero-order valence-corrected chi connectivity index (χ0v) is 11.8. The molecule has 1 fully saturated rings. The molecular weight excluding hydrogens is 270 g/mol. The average molecular weight is 286 g/mol. The molecule has 1 aliphatic rings. The minimum atomic E-state index is -0.378. The maximum atomic E-state index is 11.1. The molecule has 2 atom stereocenters. The standard InChI is InChI=1S/C13H16ClNO2S/c1-9-4-2-5-10(8-9)18-12-7-3-6-11(14)13(12)15(16)17/h3,6-7,9-10H,2,4-5,8H2,1H3. The second-order valence-electron chi connectivity index (χ2n) is 4.86. The number of nitro groups is 1. The summed E-state index contributed by atoms with van der Waals surface area (Å²) in [6.07, 6.45) is 4.76. The molecule has 1 aromatic carbocycles. The fourth-order valence-electron chi connectivity index (χ4n) is 2.43. The van der Waals surface area contributed by atoms with Gasteiger partial charge in [0, 0.05) is 5.25 Å². The quantitative estimate of drug-likeness (QED) is 0.585. The first kappa shape index (κ1) is 13.7. The van der Waals surface area contributed by atoms with Gasteiger partial charge in [-0.3, -0.25) is 10.1 Å². The Morgan fingerprint density at radius 3 is 2.89 bits per heavy atom. The van der Waals surface area contributed by atoms with E-state index in [1.807, 2.05) is 0 Å². The highest BCUT2D eigenvalue weighted by atomic mass is 35.5. The van der Waals surface area contributed by atoms with Gasteiger partial charge in [0.2, 0.25) is 0 Å². The van der Waals surface area contributed by atoms with Crippen LogP contribution in [0.4, 0.5) is 5.69 Å². The first-order chi connectivity index (χ1) is 8.58. The molecule has 0 spiro atoms. The number of para-hydroxylation sites is 1. The Hall–Kier alpha value is -0.740. The number of nitro benzene ring substituents is 1. The number of rotatable bonds is 3. The molecule has 1 aromatic rings. The van der Waals surface area contributed by atoms with E-state index in [1.165, 1.54) is 12.8 Å². The summed E-state index contributed by atoms with van der Waals surface area (Å²) in [4.78, 5) is 11.4. The van der Waals surface area contributed by atoms with E-state index >= 15 is 0 Å². The normalized spacial score (nSPS) is 23.9. The topological polar surface area (TPSA) is 43.1 Å². The predicted molar refractivity (Wildman–Crippen MR) is 75.4 cm³/mol. The van der Waals surface area contributed by atoms with Crippen LogP contribution in [0.15, 0.2) is 23.1 Å². The van der Waals surface area contributed by atoms with Gasteiger partial charge in [0.15, 0.2) is 0 Å². The van der Waals surface area contributed by atoms with Crippen molar-refractivity contribution in [1.82, 2.24) is 0 Å². The highest BCUT2D eigenvalue weighted by Gasteiger charge is 2.25. The van der Waals surface area contributed by atoms with Crippen LogP contribution in [0.5, 0.6) is 0 Å². The first-order valence-electron chi connectivity index (χ1n) is 6.17. The van der Waals surface area contributed by atoms with Crippen LogP contribution in [0.2, 0.25) is 5.02 Å². The van der Waals surface area contributed by atoms with Crippen LogP contribution in [-0.2, 0) is 0 Å². The monoisotopic (exact) mass is 285 g/mol. The van der Waals surface area contributed by atoms with Crippen molar-refractivity contribution < 1.29 is 4.92 Å². The minimum absolute atomic E-state index is 0.0578. The molecule has 2 unspecified atom stereocenters. The first-order valence-corrected chi connectivity index (χ1v) is 7.43. The Kier molecular flexibility index (Phi) is 4.51. The third kappa shape index (κ3) is 3.18. The van der Waals surface area contributed by atoms with Crippen LogP contribution in [0, 0.1) is 16.0 Å². The fraction of sp³-hybridized carbons (Fsp3) is 0.538. The van der Waals surface area contributed by atoms with Gasteiger partial charge >= 0.3 is 5.69 Å². The van der Waals surface area contributed by atoms with E-state index in [4.69, 9.17) is 11.6 Å². The Bertz CT molecular complexity index is 453. The van der Waals surface area contributed by atoms with E-state index in [9.17, 15) is 10.1 Å². The van der Waals surface area contributed by atoms with Gasteiger partial charge in [-0.15, -0.1) is 11.8 Å². The number of thioether (sulfide) groups is 1. The lowest BCUT2D eigenvalue weighted by Crippen LogP contribution is -2.15. The molecular formula is C13H16ClNO2S. The molecule has 1 aliphatic carbocycles. The van der Waals surface area contributed by atoms with Crippen molar-refractivity contribution in [2.75, 3.05) is 0 Å². The van der Waals surface area contributed by atoms with Crippen molar-refractivity contribution in [3.8, 4) is 0 Å². The summed E-state index contributed by atoms with van der Waals surface area (Å²) in [5.74, 6) is 0.717. The molecule has 0 radical (unpaired) electrons. The zero-order chi connectivity index (χ0) is 13.1. The molecule has 3 nitrogen and oxygen atoms in total. The molecule has 5 heteroatoms. The van der Waals surface area contributed by atoms with Gasteiger partial charge in [-0.25, -0.2) is 0 Å². The number of benzene rings is 1. The van der Waals surface area contributed by atoms with Crippen molar-refractivity contribution in [3.05, 3.63) is 33.3 Å². The van der Waals surface area contributed by atoms with E-state index in [0.29, 0.717) is 10.1 Å². The summed E-state index contributed by atoms with van der Waals surface area (Å²) in [7, 11) is 0. The highest BCUT2D eigenvalue weighted by molar-refractivity contribution is 8.00. The third-order valence-corrected chi connectivity index (χ3v) is 4.96. The minimum Gasteiger partial charge on any atom is -0.258 e. The lowest BCUT2D eigenvalue weighted by molar-refractivity contribution is -0.387. The molecule has 0 aromatic heterocycles. The number of hydrogen-bond donors (Lipinski definition) is 0. The smallest absolute Gasteiger partial charge is 0.258 e. The third-order valence-electron chi connectivity index (χ3n) is 3.31. The summed E-state index contributed by atoms with van der Waals surface area (Å²) in [6, 6.07) is 5.16. The average Bonchev–Trinajstić information content (AvgIpc) is 2.28. The van der Waals surface area contributed by atoms with Crippen LogP contribution >= 0.6 is 23.4 Å². The number of nitrogens with zero attached hydrogens (tertiary/aromatic N) is 1. The molecule has 0 aliphatic heterocycles. The molecule has 98 valence electrons. The highest BCUT2D eigenvalue weighted by Crippen LogP contribution is 2.41. The maximum Gasteiger partial charge on any atom is 0.301 e. The molecule has 0 saturated heterocycles. The van der Waals surface area contributed by atoms with Gasteiger partial charge < -0.3 is 0 Å². The van der Waals surface area contributed by atoms with Crippen molar-refractivity contribution in [1.29, 1.82) is 0 Å². The predicted octanol–water partition coefficient (Wildman–Crippen LogP) is 4.92. The van der Waals surface area contributed by atoms with Crippen LogP contribution in [0.3, 0.4) is 0 Å². The fourth-order valence-corrected chi connectivity index (χ4v) is 4.25. The Labute approximate surface area is 116 Å². The van der Waals surface area contributed by atoms with Crippen LogP contribution in [-0.4, -0.2) is 10.2 Å². The van der Waals surface area contributed by atoms with Gasteiger partial charge in [0.05, 0.1) is 9.82 Å². The molecule has 18 heavy (non-hydrogen) atoms.